The van der Waals surface area contributed by atoms with Crippen LogP contribution in [0.2, 0.25) is 0 Å². The molecule has 3 unspecified atom stereocenters. The van der Waals surface area contributed by atoms with E-state index in [2.05, 4.69) is 52.7 Å². The fourth-order valence-corrected chi connectivity index (χ4v) is 7.57. The zero-order valence-corrected chi connectivity index (χ0v) is 24.7. The van der Waals surface area contributed by atoms with Gasteiger partial charge in [-0.15, -0.1) is 6.58 Å². The third-order valence-corrected chi connectivity index (χ3v) is 9.95. The lowest BCUT2D eigenvalue weighted by Gasteiger charge is -2.58. The van der Waals surface area contributed by atoms with Crippen LogP contribution in [-0.2, 0) is 13.0 Å². The molecule has 43 heavy (non-hydrogen) atoms. The van der Waals surface area contributed by atoms with Crippen LogP contribution in [-0.4, -0.2) is 65.5 Å². The average Bonchev–Trinajstić information content (AvgIpc) is 3.76. The molecule has 4 aromatic rings. The van der Waals surface area contributed by atoms with Crippen molar-refractivity contribution in [3.8, 4) is 5.82 Å². The molecule has 9 rings (SSSR count). The Morgan fingerprint density at radius 3 is 2.60 bits per heavy atom. The number of pyridine rings is 1. The van der Waals surface area contributed by atoms with Gasteiger partial charge in [0.05, 0.1) is 13.6 Å². The third kappa shape index (κ3) is 4.22. The number of fused-ring (bicyclic) bond motifs is 4. The Morgan fingerprint density at radius 1 is 1.14 bits per heavy atom. The molecule has 3 saturated heterocycles. The minimum Gasteiger partial charge on any atom is -0.386 e. The molecule has 2 bridgehead atoms. The van der Waals surface area contributed by atoms with Gasteiger partial charge in [0.25, 0.3) is 5.56 Å². The van der Waals surface area contributed by atoms with E-state index in [0.717, 1.165) is 50.0 Å². The predicted molar refractivity (Wildman–Crippen MR) is 167 cm³/mol. The van der Waals surface area contributed by atoms with Gasteiger partial charge in [0.1, 0.15) is 11.5 Å². The predicted octanol–water partition coefficient (Wildman–Crippen LogP) is 4.34. The van der Waals surface area contributed by atoms with E-state index in [4.69, 9.17) is 11.3 Å². The summed E-state index contributed by atoms with van der Waals surface area (Å²) in [4.78, 5) is 32.6. The van der Waals surface area contributed by atoms with E-state index < -0.39 is 11.5 Å². The second-order valence-corrected chi connectivity index (χ2v) is 12.9. The van der Waals surface area contributed by atoms with Crippen molar-refractivity contribution < 1.29 is 6.48 Å². The Bertz CT molecular complexity index is 1830. The van der Waals surface area contributed by atoms with Crippen LogP contribution < -0.4 is 15.8 Å². The van der Waals surface area contributed by atoms with E-state index in [-0.39, 0.29) is 12.1 Å². The van der Waals surface area contributed by atoms with Crippen LogP contribution in [0.25, 0.3) is 16.9 Å². The van der Waals surface area contributed by atoms with Crippen molar-refractivity contribution in [1.29, 1.82) is 0 Å². The fourth-order valence-electron chi connectivity index (χ4n) is 7.57. The van der Waals surface area contributed by atoms with E-state index in [1.807, 2.05) is 24.3 Å². The Morgan fingerprint density at radius 2 is 1.91 bits per heavy atom. The van der Waals surface area contributed by atoms with Crippen molar-refractivity contribution in [3.05, 3.63) is 76.9 Å². The van der Waals surface area contributed by atoms with Gasteiger partial charge < -0.3 is 15.3 Å². The van der Waals surface area contributed by atoms with Gasteiger partial charge in [0, 0.05) is 54.2 Å². The molecule has 10 nitrogen and oxygen atoms in total. The van der Waals surface area contributed by atoms with Crippen LogP contribution in [0.3, 0.4) is 0 Å². The molecule has 0 amide bonds. The number of nitrogens with one attached hydrogen (secondary N) is 1. The number of piperazine rings is 1. The van der Waals surface area contributed by atoms with Crippen molar-refractivity contribution in [1.82, 2.24) is 29.2 Å². The lowest BCUT2D eigenvalue weighted by atomic mass is 9.82. The molecule has 6 heterocycles. The smallest absolute Gasteiger partial charge is 0.278 e. The third-order valence-electron chi connectivity index (χ3n) is 9.95. The highest BCUT2D eigenvalue weighted by Gasteiger charge is 2.52. The topological polar surface area (TPSA) is 104 Å². The van der Waals surface area contributed by atoms with Crippen molar-refractivity contribution in [3.63, 3.8) is 0 Å². The maximum atomic E-state index is 13.5. The standard InChI is InChI=1S/C33H38N8O2/c1-4-15-39-31(43)26-17-34-32(35-22-6-8-23(9-7-22)38-18-24-16-25(19-38)40(24)20(2)3)37-30(26)41(39)27-10-5-21-11-12-33(13-14-33)29(42)28(21)36-27/h4-10,17,20,24-25,29,42H,1,11-16,18-19H2,2-3H3,(H,34,35,37)/i29D. The average molecular weight is 580 g/mol. The number of benzene rings is 1. The number of aliphatic hydroxyl groups is 1. The summed E-state index contributed by atoms with van der Waals surface area (Å²) in [5, 5.41) is 15.0. The van der Waals surface area contributed by atoms with Gasteiger partial charge in [-0.05, 0) is 81.8 Å². The summed E-state index contributed by atoms with van der Waals surface area (Å²) in [7, 11) is 0. The molecule has 2 aliphatic carbocycles. The molecule has 1 saturated carbocycles. The van der Waals surface area contributed by atoms with Crippen LogP contribution in [0.4, 0.5) is 17.3 Å². The highest BCUT2D eigenvalue weighted by Crippen LogP contribution is 2.60. The Balaban J connectivity index is 1.11. The molecule has 4 fully saturated rings. The lowest BCUT2D eigenvalue weighted by molar-refractivity contribution is -0.0270. The van der Waals surface area contributed by atoms with Gasteiger partial charge in [-0.25, -0.2) is 19.3 Å². The quantitative estimate of drug-likeness (QED) is 0.312. The molecule has 10 heteroatoms. The van der Waals surface area contributed by atoms with Crippen molar-refractivity contribution in [2.45, 2.75) is 76.7 Å². The van der Waals surface area contributed by atoms with Gasteiger partial charge in [0.15, 0.2) is 11.5 Å². The number of hydrogen-bond acceptors (Lipinski definition) is 8. The summed E-state index contributed by atoms with van der Waals surface area (Å²) in [6.07, 6.45) is 5.93. The zero-order chi connectivity index (χ0) is 30.4. The van der Waals surface area contributed by atoms with Crippen LogP contribution in [0.5, 0.6) is 0 Å². The summed E-state index contributed by atoms with van der Waals surface area (Å²) in [6, 6.07) is 13.9. The minimum atomic E-state index is -1.76. The van der Waals surface area contributed by atoms with E-state index in [9.17, 15) is 9.90 Å². The van der Waals surface area contributed by atoms with Crippen molar-refractivity contribution in [2.24, 2.45) is 5.41 Å². The largest absolute Gasteiger partial charge is 0.386 e. The molecule has 1 aromatic carbocycles. The molecule has 2 N–H and O–H groups in total. The van der Waals surface area contributed by atoms with E-state index in [1.54, 1.807) is 10.8 Å². The number of nitrogens with zero attached hydrogens (tertiary/aromatic N) is 7. The van der Waals surface area contributed by atoms with Crippen molar-refractivity contribution in [2.75, 3.05) is 23.3 Å². The van der Waals surface area contributed by atoms with E-state index in [0.29, 0.717) is 46.6 Å². The minimum absolute atomic E-state index is 0.237. The lowest BCUT2D eigenvalue weighted by Crippen LogP contribution is -2.70. The second kappa shape index (κ2) is 9.75. The normalized spacial score (nSPS) is 25.9. The molecule has 3 atom stereocenters. The van der Waals surface area contributed by atoms with E-state index in [1.165, 1.54) is 23.0 Å². The highest BCUT2D eigenvalue weighted by atomic mass is 16.3. The molecule has 3 aromatic heterocycles. The first-order chi connectivity index (χ1) is 21.2. The van der Waals surface area contributed by atoms with Gasteiger partial charge >= 0.3 is 0 Å². The molecular weight excluding hydrogens is 540 g/mol. The first-order valence-corrected chi connectivity index (χ1v) is 15.4. The molecular formula is C33H38N8O2. The Labute approximate surface area is 252 Å². The first-order valence-electron chi connectivity index (χ1n) is 15.9. The number of hydrogen-bond donors (Lipinski definition) is 2. The SMILES string of the molecule is [2H]C1(O)c2nc(-n3c4nc(Nc5ccc(N6CC7CC(C6)N7C(C)C)cc5)ncc4c(=O)n3CC=C)ccc2CCC12CC2. The van der Waals surface area contributed by atoms with Gasteiger partial charge in [-0.3, -0.25) is 9.69 Å². The van der Waals surface area contributed by atoms with E-state index >= 15 is 0 Å². The number of aromatic nitrogens is 5. The fraction of sp³-hybridized carbons (Fsp3) is 0.455. The van der Waals surface area contributed by atoms with Gasteiger partial charge in [-0.1, -0.05) is 12.1 Å². The molecule has 222 valence electrons. The summed E-state index contributed by atoms with van der Waals surface area (Å²) < 4.78 is 12.0. The molecule has 1 spiro atoms. The van der Waals surface area contributed by atoms with Crippen molar-refractivity contribution >= 4 is 28.4 Å². The van der Waals surface area contributed by atoms with Crippen LogP contribution >= 0.6 is 0 Å². The zero-order valence-electron chi connectivity index (χ0n) is 25.7. The first kappa shape index (κ1) is 25.5. The maximum absolute atomic E-state index is 13.5. The van der Waals surface area contributed by atoms with Gasteiger partial charge in [-0.2, -0.15) is 4.98 Å². The number of piperidine rings is 1. The Hall–Kier alpha value is -4.02. The summed E-state index contributed by atoms with van der Waals surface area (Å²) in [5.74, 6) is 0.777. The van der Waals surface area contributed by atoms with Gasteiger partial charge in [0.2, 0.25) is 5.95 Å². The van der Waals surface area contributed by atoms with Crippen LogP contribution in [0, 0.1) is 5.41 Å². The monoisotopic (exact) mass is 579 g/mol. The molecule has 3 aliphatic heterocycles. The molecule has 0 radical (unpaired) electrons. The van der Waals surface area contributed by atoms with Crippen LogP contribution in [0.15, 0.2) is 60.0 Å². The number of anilines is 3. The summed E-state index contributed by atoms with van der Waals surface area (Å²) in [5.41, 5.74) is 3.01. The van der Waals surface area contributed by atoms with Crippen LogP contribution in [0.1, 0.15) is 58.2 Å². The number of aryl methyl sites for hydroxylation is 1. The number of rotatable bonds is 7. The highest BCUT2D eigenvalue weighted by molar-refractivity contribution is 5.77. The second-order valence-electron chi connectivity index (χ2n) is 12.9. The Kier molecular flexibility index (Phi) is 5.78. The maximum Gasteiger partial charge on any atom is 0.278 e. The summed E-state index contributed by atoms with van der Waals surface area (Å²) in [6.45, 7) is 10.7. The molecule has 5 aliphatic rings. The summed E-state index contributed by atoms with van der Waals surface area (Å²) >= 11 is 0. The number of allylic oxidation sites excluding steroid dienone is 1.